The lowest BCUT2D eigenvalue weighted by molar-refractivity contribution is -0.116. The smallest absolute Gasteiger partial charge is 0.240 e. The Bertz CT molecular complexity index is 831. The van der Waals surface area contributed by atoms with Crippen LogP contribution in [0.5, 0.6) is 0 Å². The van der Waals surface area contributed by atoms with Gasteiger partial charge in [-0.2, -0.15) is 5.10 Å². The molecule has 24 heavy (non-hydrogen) atoms. The van der Waals surface area contributed by atoms with Crippen molar-refractivity contribution in [3.05, 3.63) is 42.2 Å². The summed E-state index contributed by atoms with van der Waals surface area (Å²) in [7, 11) is -3.54. The highest BCUT2D eigenvalue weighted by molar-refractivity contribution is 7.89. The number of hydrogen-bond donors (Lipinski definition) is 1. The van der Waals surface area contributed by atoms with Gasteiger partial charge in [0.2, 0.25) is 15.9 Å². The van der Waals surface area contributed by atoms with Crippen LogP contribution in [-0.2, 0) is 27.8 Å². The Balaban J connectivity index is 1.64. The summed E-state index contributed by atoms with van der Waals surface area (Å²) in [5.41, 5.74) is 1.70. The van der Waals surface area contributed by atoms with Gasteiger partial charge < -0.3 is 4.90 Å². The van der Waals surface area contributed by atoms with Crippen molar-refractivity contribution in [1.82, 2.24) is 14.5 Å². The molecular weight excluding hydrogens is 328 g/mol. The molecule has 0 saturated carbocycles. The molecule has 1 aromatic carbocycles. The van der Waals surface area contributed by atoms with E-state index in [0.29, 0.717) is 32.5 Å². The number of fused-ring (bicyclic) bond motifs is 1. The molecule has 0 saturated heterocycles. The number of carbonyl (C=O) groups is 1. The molecule has 1 aromatic heterocycles. The predicted molar refractivity (Wildman–Crippen MR) is 90.2 cm³/mol. The average molecular weight is 348 g/mol. The summed E-state index contributed by atoms with van der Waals surface area (Å²) in [5, 5.41) is 4.08. The molecule has 128 valence electrons. The Morgan fingerprint density at radius 3 is 2.92 bits per heavy atom. The molecule has 8 heteroatoms. The second kappa shape index (κ2) is 6.74. The lowest BCUT2D eigenvalue weighted by atomic mass is 10.2. The third kappa shape index (κ3) is 3.49. The van der Waals surface area contributed by atoms with Gasteiger partial charge in [-0.15, -0.1) is 0 Å². The zero-order chi connectivity index (χ0) is 17.2. The van der Waals surface area contributed by atoms with E-state index in [9.17, 15) is 13.2 Å². The van der Waals surface area contributed by atoms with Gasteiger partial charge in [-0.1, -0.05) is 0 Å². The first-order valence-electron chi connectivity index (χ1n) is 7.85. The van der Waals surface area contributed by atoms with Crippen LogP contribution in [0.4, 0.5) is 5.69 Å². The molecule has 7 nitrogen and oxygen atoms in total. The highest BCUT2D eigenvalue weighted by Gasteiger charge is 2.24. The van der Waals surface area contributed by atoms with Crippen LogP contribution in [0.15, 0.2) is 41.6 Å². The van der Waals surface area contributed by atoms with Crippen molar-refractivity contribution in [3.63, 3.8) is 0 Å². The molecule has 0 radical (unpaired) electrons. The van der Waals surface area contributed by atoms with Gasteiger partial charge in [0, 0.05) is 44.6 Å². The van der Waals surface area contributed by atoms with E-state index >= 15 is 0 Å². The lowest BCUT2D eigenvalue weighted by Crippen LogP contribution is -2.26. The Kier molecular flexibility index (Phi) is 4.68. The van der Waals surface area contributed by atoms with E-state index < -0.39 is 10.0 Å². The summed E-state index contributed by atoms with van der Waals surface area (Å²) < 4.78 is 29.2. The van der Waals surface area contributed by atoms with Crippen molar-refractivity contribution in [1.29, 1.82) is 0 Å². The number of anilines is 1. The van der Waals surface area contributed by atoms with Gasteiger partial charge in [-0.3, -0.25) is 9.48 Å². The van der Waals surface area contributed by atoms with E-state index in [2.05, 4.69) is 9.82 Å². The van der Waals surface area contributed by atoms with Crippen LogP contribution >= 0.6 is 0 Å². The number of nitrogens with zero attached hydrogens (tertiary/aromatic N) is 3. The second-order valence-electron chi connectivity index (χ2n) is 5.73. The standard InChI is InChI=1S/C16H20N4O3S/c1-13(21)20-11-6-14-12-15(4-5-16(14)20)24(22,23)18-8-3-10-19-9-2-7-17-19/h2,4-5,7,9,12,18H,3,6,8,10-11H2,1H3. The van der Waals surface area contributed by atoms with Crippen LogP contribution in [-0.4, -0.2) is 37.2 Å². The number of sulfonamides is 1. The second-order valence-corrected chi connectivity index (χ2v) is 7.50. The highest BCUT2D eigenvalue weighted by atomic mass is 32.2. The van der Waals surface area contributed by atoms with Gasteiger partial charge >= 0.3 is 0 Å². The minimum atomic E-state index is -3.54. The number of hydrogen-bond acceptors (Lipinski definition) is 4. The Morgan fingerprint density at radius 1 is 1.38 bits per heavy atom. The van der Waals surface area contributed by atoms with Crippen LogP contribution in [0.2, 0.25) is 0 Å². The summed E-state index contributed by atoms with van der Waals surface area (Å²) in [6.45, 7) is 3.12. The van der Waals surface area contributed by atoms with Crippen LogP contribution in [0.3, 0.4) is 0 Å². The first-order chi connectivity index (χ1) is 11.5. The van der Waals surface area contributed by atoms with Crippen molar-refractivity contribution >= 4 is 21.6 Å². The fourth-order valence-electron chi connectivity index (χ4n) is 2.84. The SMILES string of the molecule is CC(=O)N1CCc2cc(S(=O)(=O)NCCCn3cccn3)ccc21. The molecule has 1 amide bonds. The van der Waals surface area contributed by atoms with Crippen molar-refractivity contribution in [2.45, 2.75) is 31.2 Å². The van der Waals surface area contributed by atoms with Crippen molar-refractivity contribution < 1.29 is 13.2 Å². The topological polar surface area (TPSA) is 84.3 Å². The third-order valence-corrected chi connectivity index (χ3v) is 5.51. The first kappa shape index (κ1) is 16.7. The normalized spacial score (nSPS) is 14.0. The molecular formula is C16H20N4O3S. The molecule has 1 aliphatic heterocycles. The molecule has 0 bridgehead atoms. The van der Waals surface area contributed by atoms with Crippen molar-refractivity contribution in [3.8, 4) is 0 Å². The molecule has 2 heterocycles. The molecule has 1 aliphatic rings. The first-order valence-corrected chi connectivity index (χ1v) is 9.34. The molecule has 0 spiro atoms. The molecule has 0 fully saturated rings. The molecule has 2 aromatic rings. The monoisotopic (exact) mass is 348 g/mol. The molecule has 0 aliphatic carbocycles. The minimum Gasteiger partial charge on any atom is -0.312 e. The fraction of sp³-hybridized carbons (Fsp3) is 0.375. The summed E-state index contributed by atoms with van der Waals surface area (Å²) in [6.07, 6.45) is 4.87. The highest BCUT2D eigenvalue weighted by Crippen LogP contribution is 2.30. The molecule has 3 rings (SSSR count). The van der Waals surface area contributed by atoms with E-state index in [1.54, 1.807) is 34.0 Å². The average Bonchev–Trinajstić information content (AvgIpc) is 3.20. The Labute approximate surface area is 141 Å². The molecule has 0 unspecified atom stereocenters. The fourth-order valence-corrected chi connectivity index (χ4v) is 3.96. The quantitative estimate of drug-likeness (QED) is 0.794. The van der Waals surface area contributed by atoms with Gasteiger partial charge in [-0.05, 0) is 42.7 Å². The van der Waals surface area contributed by atoms with E-state index in [1.807, 2.05) is 12.3 Å². The van der Waals surface area contributed by atoms with E-state index in [1.165, 1.54) is 6.92 Å². The van der Waals surface area contributed by atoms with Crippen LogP contribution in [0.1, 0.15) is 18.9 Å². The van der Waals surface area contributed by atoms with Crippen LogP contribution in [0.25, 0.3) is 0 Å². The molecule has 1 N–H and O–H groups in total. The summed E-state index contributed by atoms with van der Waals surface area (Å²) >= 11 is 0. The summed E-state index contributed by atoms with van der Waals surface area (Å²) in [4.78, 5) is 13.5. The largest absolute Gasteiger partial charge is 0.312 e. The number of nitrogens with one attached hydrogen (secondary N) is 1. The van der Waals surface area contributed by atoms with Gasteiger partial charge in [0.25, 0.3) is 0 Å². The molecule has 0 atom stereocenters. The number of carbonyl (C=O) groups excluding carboxylic acids is 1. The van der Waals surface area contributed by atoms with E-state index in [-0.39, 0.29) is 10.8 Å². The maximum Gasteiger partial charge on any atom is 0.240 e. The van der Waals surface area contributed by atoms with E-state index in [0.717, 1.165) is 11.3 Å². The van der Waals surface area contributed by atoms with Crippen LogP contribution in [0, 0.1) is 0 Å². The van der Waals surface area contributed by atoms with Gasteiger partial charge in [0.15, 0.2) is 0 Å². The number of rotatable bonds is 6. The third-order valence-electron chi connectivity index (χ3n) is 4.05. The van der Waals surface area contributed by atoms with Gasteiger partial charge in [-0.25, -0.2) is 13.1 Å². The number of aryl methyl sites for hydroxylation is 1. The predicted octanol–water partition coefficient (Wildman–Crippen LogP) is 1.16. The summed E-state index contributed by atoms with van der Waals surface area (Å²) in [6, 6.07) is 6.76. The Hall–Kier alpha value is -2.19. The van der Waals surface area contributed by atoms with Gasteiger partial charge in [0.05, 0.1) is 4.90 Å². The summed E-state index contributed by atoms with van der Waals surface area (Å²) in [5.74, 6) is -0.0268. The zero-order valence-electron chi connectivity index (χ0n) is 13.5. The number of aromatic nitrogens is 2. The van der Waals surface area contributed by atoms with Crippen LogP contribution < -0.4 is 9.62 Å². The zero-order valence-corrected chi connectivity index (χ0v) is 14.3. The van der Waals surface area contributed by atoms with E-state index in [4.69, 9.17) is 0 Å². The lowest BCUT2D eigenvalue weighted by Gasteiger charge is -2.15. The van der Waals surface area contributed by atoms with Crippen molar-refractivity contribution in [2.75, 3.05) is 18.0 Å². The van der Waals surface area contributed by atoms with Gasteiger partial charge in [0.1, 0.15) is 0 Å². The maximum absolute atomic E-state index is 12.4. The minimum absolute atomic E-state index is 0.0268. The number of benzene rings is 1. The Morgan fingerprint density at radius 2 is 2.21 bits per heavy atom. The maximum atomic E-state index is 12.4. The number of amides is 1. The van der Waals surface area contributed by atoms with Crippen molar-refractivity contribution in [2.24, 2.45) is 0 Å².